The molecule has 0 saturated carbocycles. The molecule has 22 heavy (non-hydrogen) atoms. The van der Waals surface area contributed by atoms with E-state index < -0.39 is 0 Å². The van der Waals surface area contributed by atoms with Crippen LogP contribution in [0.5, 0.6) is 0 Å². The third-order valence-corrected chi connectivity index (χ3v) is 4.12. The van der Waals surface area contributed by atoms with Gasteiger partial charge in [0.25, 0.3) is 11.8 Å². The van der Waals surface area contributed by atoms with Gasteiger partial charge in [0.15, 0.2) is 0 Å². The Bertz CT molecular complexity index is 732. The van der Waals surface area contributed by atoms with Crippen LogP contribution < -0.4 is 5.32 Å². The molecular weight excluding hydrogens is 415 g/mol. The van der Waals surface area contributed by atoms with E-state index in [4.69, 9.17) is 11.6 Å². The van der Waals surface area contributed by atoms with Gasteiger partial charge in [0, 0.05) is 33.9 Å². The van der Waals surface area contributed by atoms with Crippen molar-refractivity contribution in [2.24, 2.45) is 0 Å². The normalized spacial score (nSPS) is 10.2. The molecule has 114 valence electrons. The molecule has 0 radical (unpaired) electrons. The molecular formula is C16H14ClIN2O2. The molecule has 2 aromatic carbocycles. The fourth-order valence-electron chi connectivity index (χ4n) is 1.86. The van der Waals surface area contributed by atoms with E-state index in [1.807, 2.05) is 0 Å². The van der Waals surface area contributed by atoms with Crippen molar-refractivity contribution in [3.05, 3.63) is 62.2 Å². The van der Waals surface area contributed by atoms with Gasteiger partial charge in [0.1, 0.15) is 0 Å². The van der Waals surface area contributed by atoms with E-state index in [2.05, 4.69) is 27.9 Å². The minimum absolute atomic E-state index is 0.117. The average molecular weight is 429 g/mol. The van der Waals surface area contributed by atoms with E-state index in [9.17, 15) is 9.59 Å². The van der Waals surface area contributed by atoms with Crippen molar-refractivity contribution >= 4 is 51.7 Å². The number of rotatable bonds is 3. The molecule has 0 heterocycles. The van der Waals surface area contributed by atoms with Crippen LogP contribution in [0.3, 0.4) is 0 Å². The molecule has 0 aliphatic heterocycles. The van der Waals surface area contributed by atoms with E-state index in [1.165, 1.54) is 4.90 Å². The van der Waals surface area contributed by atoms with Crippen molar-refractivity contribution in [3.63, 3.8) is 0 Å². The first kappa shape index (κ1) is 16.8. The Kier molecular flexibility index (Phi) is 5.42. The van der Waals surface area contributed by atoms with Crippen molar-refractivity contribution in [2.75, 3.05) is 19.4 Å². The molecule has 2 amide bonds. The summed E-state index contributed by atoms with van der Waals surface area (Å²) in [6.45, 7) is 0. The van der Waals surface area contributed by atoms with Crippen LogP contribution in [-0.4, -0.2) is 30.8 Å². The van der Waals surface area contributed by atoms with Crippen LogP contribution in [0.25, 0.3) is 0 Å². The van der Waals surface area contributed by atoms with E-state index in [-0.39, 0.29) is 11.8 Å². The van der Waals surface area contributed by atoms with Crippen LogP contribution in [0.2, 0.25) is 5.02 Å². The van der Waals surface area contributed by atoms with Gasteiger partial charge in [-0.05, 0) is 59.0 Å². The van der Waals surface area contributed by atoms with Gasteiger partial charge in [-0.15, -0.1) is 0 Å². The first-order chi connectivity index (χ1) is 10.4. The molecule has 0 spiro atoms. The Balaban J connectivity index is 2.24. The number of benzene rings is 2. The van der Waals surface area contributed by atoms with Crippen molar-refractivity contribution in [1.29, 1.82) is 0 Å². The van der Waals surface area contributed by atoms with Crippen LogP contribution in [0.15, 0.2) is 42.5 Å². The first-order valence-corrected chi connectivity index (χ1v) is 7.92. The Labute approximate surface area is 147 Å². The minimum atomic E-state index is -0.263. The summed E-state index contributed by atoms with van der Waals surface area (Å²) >= 11 is 8.01. The van der Waals surface area contributed by atoms with E-state index >= 15 is 0 Å². The van der Waals surface area contributed by atoms with Gasteiger partial charge < -0.3 is 10.2 Å². The maximum atomic E-state index is 12.3. The largest absolute Gasteiger partial charge is 0.345 e. The smallest absolute Gasteiger partial charge is 0.256 e. The van der Waals surface area contributed by atoms with Crippen molar-refractivity contribution < 1.29 is 9.59 Å². The maximum absolute atomic E-state index is 12.3. The first-order valence-electron chi connectivity index (χ1n) is 6.46. The Morgan fingerprint density at radius 1 is 1.14 bits per heavy atom. The van der Waals surface area contributed by atoms with Crippen molar-refractivity contribution in [1.82, 2.24) is 4.90 Å². The van der Waals surface area contributed by atoms with Gasteiger partial charge >= 0.3 is 0 Å². The summed E-state index contributed by atoms with van der Waals surface area (Å²) in [7, 11) is 3.36. The monoisotopic (exact) mass is 428 g/mol. The van der Waals surface area contributed by atoms with Gasteiger partial charge in [-0.1, -0.05) is 17.7 Å². The summed E-state index contributed by atoms with van der Waals surface area (Å²) in [5, 5.41) is 3.29. The van der Waals surface area contributed by atoms with Gasteiger partial charge in [-0.3, -0.25) is 9.59 Å². The number of nitrogens with one attached hydrogen (secondary N) is 1. The van der Waals surface area contributed by atoms with Crippen molar-refractivity contribution in [2.45, 2.75) is 0 Å². The van der Waals surface area contributed by atoms with E-state index in [1.54, 1.807) is 56.6 Å². The molecule has 1 N–H and O–H groups in total. The zero-order valence-electron chi connectivity index (χ0n) is 12.1. The lowest BCUT2D eigenvalue weighted by atomic mass is 10.1. The molecule has 0 aliphatic carbocycles. The van der Waals surface area contributed by atoms with Gasteiger partial charge in [0.05, 0.1) is 5.56 Å². The molecule has 6 heteroatoms. The molecule has 0 aliphatic rings. The lowest BCUT2D eigenvalue weighted by molar-refractivity contribution is 0.0827. The second-order valence-electron chi connectivity index (χ2n) is 4.86. The molecule has 2 aromatic rings. The SMILES string of the molecule is CN(C)C(=O)c1cccc(NC(=O)c2cc(Cl)ccc2I)c1. The number of carbonyl (C=O) groups is 2. The highest BCUT2D eigenvalue weighted by atomic mass is 127. The summed E-state index contributed by atoms with van der Waals surface area (Å²) in [6, 6.07) is 12.0. The Morgan fingerprint density at radius 3 is 2.55 bits per heavy atom. The summed E-state index contributed by atoms with van der Waals surface area (Å²) in [5.74, 6) is -0.380. The van der Waals surface area contributed by atoms with Crippen LogP contribution in [0.1, 0.15) is 20.7 Å². The van der Waals surface area contributed by atoms with E-state index in [0.29, 0.717) is 21.8 Å². The van der Waals surface area contributed by atoms with Crippen LogP contribution in [-0.2, 0) is 0 Å². The highest BCUT2D eigenvalue weighted by Gasteiger charge is 2.13. The molecule has 0 bridgehead atoms. The third kappa shape index (κ3) is 3.98. The summed E-state index contributed by atoms with van der Waals surface area (Å²) in [5.41, 5.74) is 1.58. The van der Waals surface area contributed by atoms with Crippen LogP contribution >= 0.6 is 34.2 Å². The van der Waals surface area contributed by atoms with Gasteiger partial charge in [-0.2, -0.15) is 0 Å². The molecule has 0 fully saturated rings. The number of halogens is 2. The number of nitrogens with zero attached hydrogens (tertiary/aromatic N) is 1. The Morgan fingerprint density at radius 2 is 1.86 bits per heavy atom. The van der Waals surface area contributed by atoms with E-state index in [0.717, 1.165) is 3.57 Å². The molecule has 0 atom stereocenters. The quantitative estimate of drug-likeness (QED) is 0.754. The minimum Gasteiger partial charge on any atom is -0.345 e. The second-order valence-corrected chi connectivity index (χ2v) is 6.46. The summed E-state index contributed by atoms with van der Waals surface area (Å²) < 4.78 is 0.806. The lowest BCUT2D eigenvalue weighted by Crippen LogP contribution is -2.22. The van der Waals surface area contributed by atoms with Gasteiger partial charge in [-0.25, -0.2) is 0 Å². The average Bonchev–Trinajstić information content (AvgIpc) is 2.49. The number of carbonyl (C=O) groups excluding carboxylic acids is 2. The number of amides is 2. The van der Waals surface area contributed by atoms with Crippen LogP contribution in [0.4, 0.5) is 5.69 Å². The van der Waals surface area contributed by atoms with Crippen LogP contribution in [0, 0.1) is 3.57 Å². The third-order valence-electron chi connectivity index (χ3n) is 2.95. The number of anilines is 1. The molecule has 4 nitrogen and oxygen atoms in total. The zero-order valence-corrected chi connectivity index (χ0v) is 15.0. The highest BCUT2D eigenvalue weighted by molar-refractivity contribution is 14.1. The molecule has 2 rings (SSSR count). The molecule has 0 unspecified atom stereocenters. The fraction of sp³-hybridized carbons (Fsp3) is 0.125. The predicted octanol–water partition coefficient (Wildman–Crippen LogP) is 3.90. The zero-order chi connectivity index (χ0) is 16.3. The predicted molar refractivity (Wildman–Crippen MR) is 96.6 cm³/mol. The van der Waals surface area contributed by atoms with Gasteiger partial charge in [0.2, 0.25) is 0 Å². The summed E-state index contributed by atoms with van der Waals surface area (Å²) in [4.78, 5) is 25.8. The molecule has 0 aromatic heterocycles. The second kappa shape index (κ2) is 7.11. The fourth-order valence-corrected chi connectivity index (χ4v) is 2.61. The highest BCUT2D eigenvalue weighted by Crippen LogP contribution is 2.20. The topological polar surface area (TPSA) is 49.4 Å². The molecule has 0 saturated heterocycles. The standard InChI is InChI=1S/C16H14ClIN2O2/c1-20(2)16(22)10-4-3-5-12(8-10)19-15(21)13-9-11(17)6-7-14(13)18/h3-9H,1-2H3,(H,19,21). The maximum Gasteiger partial charge on any atom is 0.256 e. The number of hydrogen-bond acceptors (Lipinski definition) is 2. The van der Waals surface area contributed by atoms with Crippen molar-refractivity contribution in [3.8, 4) is 0 Å². The Hall–Kier alpha value is -1.60. The lowest BCUT2D eigenvalue weighted by Gasteiger charge is -2.12. The summed E-state index contributed by atoms with van der Waals surface area (Å²) in [6.07, 6.45) is 0. The number of hydrogen-bond donors (Lipinski definition) is 1.